The zero-order valence-electron chi connectivity index (χ0n) is 12.2. The van der Waals surface area contributed by atoms with E-state index >= 15 is 0 Å². The van der Waals surface area contributed by atoms with Gasteiger partial charge in [-0.05, 0) is 45.1 Å². The molecule has 0 aliphatic carbocycles. The van der Waals surface area contributed by atoms with Gasteiger partial charge in [-0.25, -0.2) is 0 Å². The standard InChI is InChI=1S/C15H28N2O2/c1-2-9-17(13-6-5-8-16-12-13)15(18)11-14-7-3-4-10-19-14/h13-14,16H,2-12H2,1H3. The summed E-state index contributed by atoms with van der Waals surface area (Å²) in [6, 6.07) is 0.393. The molecule has 2 aliphatic rings. The quantitative estimate of drug-likeness (QED) is 0.828. The van der Waals surface area contributed by atoms with Gasteiger partial charge in [0.2, 0.25) is 5.91 Å². The molecular weight excluding hydrogens is 240 g/mol. The average molecular weight is 268 g/mol. The summed E-state index contributed by atoms with van der Waals surface area (Å²) in [5.41, 5.74) is 0. The molecule has 1 N–H and O–H groups in total. The van der Waals surface area contributed by atoms with Gasteiger partial charge in [0.05, 0.1) is 12.5 Å². The number of carbonyl (C=O) groups excluding carboxylic acids is 1. The van der Waals surface area contributed by atoms with Crippen molar-refractivity contribution >= 4 is 5.91 Å². The molecule has 0 aromatic rings. The Hall–Kier alpha value is -0.610. The summed E-state index contributed by atoms with van der Waals surface area (Å²) in [7, 11) is 0. The highest BCUT2D eigenvalue weighted by Crippen LogP contribution is 2.19. The van der Waals surface area contributed by atoms with Crippen LogP contribution in [0.15, 0.2) is 0 Å². The van der Waals surface area contributed by atoms with E-state index in [0.717, 1.165) is 51.9 Å². The third-order valence-electron chi connectivity index (χ3n) is 4.17. The normalized spacial score (nSPS) is 28.1. The van der Waals surface area contributed by atoms with Crippen molar-refractivity contribution in [3.8, 4) is 0 Å². The van der Waals surface area contributed by atoms with Gasteiger partial charge in [-0.1, -0.05) is 6.92 Å². The van der Waals surface area contributed by atoms with Crippen molar-refractivity contribution in [2.45, 2.75) is 64.0 Å². The molecule has 4 heteroatoms. The Labute approximate surface area is 116 Å². The van der Waals surface area contributed by atoms with Crippen LogP contribution >= 0.6 is 0 Å². The lowest BCUT2D eigenvalue weighted by atomic mass is 10.0. The Morgan fingerprint density at radius 3 is 2.84 bits per heavy atom. The molecule has 0 aromatic heterocycles. The van der Waals surface area contributed by atoms with Crippen LogP contribution in [0.5, 0.6) is 0 Å². The zero-order valence-corrected chi connectivity index (χ0v) is 12.2. The third-order valence-corrected chi connectivity index (χ3v) is 4.17. The van der Waals surface area contributed by atoms with Crippen LogP contribution in [0, 0.1) is 0 Å². The van der Waals surface area contributed by atoms with E-state index in [1.807, 2.05) is 0 Å². The highest BCUT2D eigenvalue weighted by molar-refractivity contribution is 5.77. The van der Waals surface area contributed by atoms with Crippen molar-refractivity contribution < 1.29 is 9.53 Å². The van der Waals surface area contributed by atoms with Gasteiger partial charge in [-0.15, -0.1) is 0 Å². The van der Waals surface area contributed by atoms with Crippen LogP contribution in [0.3, 0.4) is 0 Å². The predicted octanol–water partition coefficient (Wildman–Crippen LogP) is 1.94. The van der Waals surface area contributed by atoms with Gasteiger partial charge in [0, 0.05) is 25.7 Å². The van der Waals surface area contributed by atoms with Gasteiger partial charge >= 0.3 is 0 Å². The van der Waals surface area contributed by atoms with Gasteiger partial charge in [-0.2, -0.15) is 0 Å². The fourth-order valence-electron chi connectivity index (χ4n) is 3.13. The maximum atomic E-state index is 12.5. The van der Waals surface area contributed by atoms with Crippen molar-refractivity contribution in [2.24, 2.45) is 0 Å². The number of piperidine rings is 1. The molecule has 0 aromatic carbocycles. The molecule has 2 atom stereocenters. The molecule has 2 saturated heterocycles. The lowest BCUT2D eigenvalue weighted by molar-refractivity contribution is -0.137. The van der Waals surface area contributed by atoms with E-state index in [4.69, 9.17) is 4.74 Å². The average Bonchev–Trinajstić information content (AvgIpc) is 2.46. The fourth-order valence-corrected chi connectivity index (χ4v) is 3.13. The smallest absolute Gasteiger partial charge is 0.225 e. The van der Waals surface area contributed by atoms with Crippen molar-refractivity contribution in [1.29, 1.82) is 0 Å². The van der Waals surface area contributed by atoms with Crippen molar-refractivity contribution in [2.75, 3.05) is 26.2 Å². The third kappa shape index (κ3) is 4.46. The first-order valence-electron chi connectivity index (χ1n) is 7.93. The van der Waals surface area contributed by atoms with E-state index in [-0.39, 0.29) is 6.10 Å². The summed E-state index contributed by atoms with van der Waals surface area (Å²) in [6.45, 7) is 5.91. The Morgan fingerprint density at radius 2 is 2.21 bits per heavy atom. The number of rotatable bonds is 5. The van der Waals surface area contributed by atoms with Crippen molar-refractivity contribution in [3.63, 3.8) is 0 Å². The fraction of sp³-hybridized carbons (Fsp3) is 0.933. The van der Waals surface area contributed by atoms with Crippen molar-refractivity contribution in [3.05, 3.63) is 0 Å². The van der Waals surface area contributed by atoms with Crippen LogP contribution in [0.1, 0.15) is 51.9 Å². The summed E-state index contributed by atoms with van der Waals surface area (Å²) in [5, 5.41) is 3.41. The Morgan fingerprint density at radius 1 is 1.32 bits per heavy atom. The van der Waals surface area contributed by atoms with Crippen molar-refractivity contribution in [1.82, 2.24) is 10.2 Å². The molecule has 0 radical (unpaired) electrons. The molecular formula is C15H28N2O2. The van der Waals surface area contributed by atoms with E-state index in [0.29, 0.717) is 18.4 Å². The molecule has 2 fully saturated rings. The summed E-state index contributed by atoms with van der Waals surface area (Å²) in [5.74, 6) is 0.294. The number of hydrogen-bond acceptors (Lipinski definition) is 3. The van der Waals surface area contributed by atoms with Crippen LogP contribution in [-0.4, -0.2) is 49.2 Å². The highest BCUT2D eigenvalue weighted by Gasteiger charge is 2.27. The summed E-state index contributed by atoms with van der Waals surface area (Å²) >= 11 is 0. The van der Waals surface area contributed by atoms with Gasteiger partial charge < -0.3 is 15.0 Å². The highest BCUT2D eigenvalue weighted by atomic mass is 16.5. The maximum Gasteiger partial charge on any atom is 0.225 e. The predicted molar refractivity (Wildman–Crippen MR) is 76.1 cm³/mol. The van der Waals surface area contributed by atoms with Gasteiger partial charge in [0.1, 0.15) is 0 Å². The number of nitrogens with zero attached hydrogens (tertiary/aromatic N) is 1. The Balaban J connectivity index is 1.87. The molecule has 2 aliphatic heterocycles. The summed E-state index contributed by atoms with van der Waals surface area (Å²) < 4.78 is 5.70. The second-order valence-corrected chi connectivity index (χ2v) is 5.78. The largest absolute Gasteiger partial charge is 0.378 e. The van der Waals surface area contributed by atoms with Crippen LogP contribution in [0.25, 0.3) is 0 Å². The van der Waals surface area contributed by atoms with Gasteiger partial charge in [0.15, 0.2) is 0 Å². The molecule has 19 heavy (non-hydrogen) atoms. The number of carbonyl (C=O) groups is 1. The summed E-state index contributed by atoms with van der Waals surface area (Å²) in [6.07, 6.45) is 7.51. The van der Waals surface area contributed by atoms with E-state index < -0.39 is 0 Å². The number of hydrogen-bond donors (Lipinski definition) is 1. The molecule has 2 rings (SSSR count). The SMILES string of the molecule is CCCN(C(=O)CC1CCCCO1)C1CCCNC1. The first kappa shape index (κ1) is 14.8. The monoisotopic (exact) mass is 268 g/mol. The Bertz CT molecular complexity index is 271. The second kappa shape index (κ2) is 7.85. The molecule has 2 unspecified atom stereocenters. The topological polar surface area (TPSA) is 41.6 Å². The van der Waals surface area contributed by atoms with Crippen LogP contribution < -0.4 is 5.32 Å². The van der Waals surface area contributed by atoms with Gasteiger partial charge in [-0.3, -0.25) is 4.79 Å². The first-order chi connectivity index (χ1) is 9.31. The van der Waals surface area contributed by atoms with E-state index in [1.165, 1.54) is 12.8 Å². The Kier molecular flexibility index (Phi) is 6.11. The first-order valence-corrected chi connectivity index (χ1v) is 7.93. The minimum absolute atomic E-state index is 0.164. The molecule has 0 saturated carbocycles. The molecule has 1 amide bonds. The lowest BCUT2D eigenvalue weighted by Gasteiger charge is -2.36. The van der Waals surface area contributed by atoms with Crippen LogP contribution in [0.4, 0.5) is 0 Å². The van der Waals surface area contributed by atoms with E-state index in [9.17, 15) is 4.79 Å². The zero-order chi connectivity index (χ0) is 13.5. The van der Waals surface area contributed by atoms with Crippen LogP contribution in [0.2, 0.25) is 0 Å². The number of nitrogens with one attached hydrogen (secondary N) is 1. The van der Waals surface area contributed by atoms with Crippen LogP contribution in [-0.2, 0) is 9.53 Å². The molecule has 0 spiro atoms. The minimum Gasteiger partial charge on any atom is -0.378 e. The molecule has 0 bridgehead atoms. The number of ether oxygens (including phenoxy) is 1. The van der Waals surface area contributed by atoms with E-state index in [1.54, 1.807) is 0 Å². The van der Waals surface area contributed by atoms with E-state index in [2.05, 4.69) is 17.1 Å². The second-order valence-electron chi connectivity index (χ2n) is 5.78. The summed E-state index contributed by atoms with van der Waals surface area (Å²) in [4.78, 5) is 14.6. The number of amides is 1. The molecule has 2 heterocycles. The lowest BCUT2D eigenvalue weighted by Crippen LogP contribution is -2.49. The minimum atomic E-state index is 0.164. The molecule has 4 nitrogen and oxygen atoms in total. The molecule has 110 valence electrons. The maximum absolute atomic E-state index is 12.5. The van der Waals surface area contributed by atoms with Gasteiger partial charge in [0.25, 0.3) is 0 Å².